The van der Waals surface area contributed by atoms with Crippen LogP contribution in [0.5, 0.6) is 0 Å². The number of carbonyl (C=O) groups is 1. The second kappa shape index (κ2) is 4.94. The van der Waals surface area contributed by atoms with Crippen molar-refractivity contribution in [2.45, 2.75) is 12.8 Å². The third-order valence-corrected chi connectivity index (χ3v) is 2.70. The first-order valence-corrected chi connectivity index (χ1v) is 5.42. The maximum atomic E-state index is 11.7. The summed E-state index contributed by atoms with van der Waals surface area (Å²) in [5.41, 5.74) is 0.733. The van der Waals surface area contributed by atoms with E-state index in [1.54, 1.807) is 0 Å². The zero-order valence-electron chi connectivity index (χ0n) is 8.78. The van der Waals surface area contributed by atoms with Gasteiger partial charge in [-0.3, -0.25) is 9.69 Å². The first kappa shape index (κ1) is 10.2. The van der Waals surface area contributed by atoms with E-state index in [1.807, 2.05) is 30.3 Å². The van der Waals surface area contributed by atoms with Gasteiger partial charge in [-0.05, 0) is 38.1 Å². The number of hydrogen-bond acceptors (Lipinski definition) is 2. The SMILES string of the molecule is O=C(NCN1CCCC1)c1ccccc1. The van der Waals surface area contributed by atoms with Gasteiger partial charge in [0.1, 0.15) is 0 Å². The predicted octanol–water partition coefficient (Wildman–Crippen LogP) is 1.47. The Balaban J connectivity index is 1.82. The molecule has 0 aromatic heterocycles. The van der Waals surface area contributed by atoms with Gasteiger partial charge in [-0.25, -0.2) is 0 Å². The minimum absolute atomic E-state index is 0.0162. The minimum Gasteiger partial charge on any atom is -0.339 e. The van der Waals surface area contributed by atoms with E-state index >= 15 is 0 Å². The molecule has 1 aliphatic rings. The molecule has 1 amide bonds. The third kappa shape index (κ3) is 2.80. The number of carbonyl (C=O) groups excluding carboxylic acids is 1. The van der Waals surface area contributed by atoms with Crippen molar-refractivity contribution < 1.29 is 4.79 Å². The lowest BCUT2D eigenvalue weighted by Crippen LogP contribution is -2.35. The van der Waals surface area contributed by atoms with Crippen LogP contribution in [0.25, 0.3) is 0 Å². The van der Waals surface area contributed by atoms with Gasteiger partial charge in [0.05, 0.1) is 6.67 Å². The summed E-state index contributed by atoms with van der Waals surface area (Å²) in [7, 11) is 0. The van der Waals surface area contributed by atoms with E-state index in [9.17, 15) is 4.79 Å². The lowest BCUT2D eigenvalue weighted by molar-refractivity contribution is 0.0930. The van der Waals surface area contributed by atoms with Crippen molar-refractivity contribution in [3.8, 4) is 0 Å². The van der Waals surface area contributed by atoms with Crippen LogP contribution >= 0.6 is 0 Å². The average Bonchev–Trinajstić information content (AvgIpc) is 2.80. The highest BCUT2D eigenvalue weighted by molar-refractivity contribution is 5.94. The van der Waals surface area contributed by atoms with E-state index in [0.29, 0.717) is 6.67 Å². The molecule has 1 saturated heterocycles. The predicted molar refractivity (Wildman–Crippen MR) is 59.6 cm³/mol. The number of nitrogens with zero attached hydrogens (tertiary/aromatic N) is 1. The Morgan fingerprint density at radius 1 is 1.20 bits per heavy atom. The third-order valence-electron chi connectivity index (χ3n) is 2.70. The lowest BCUT2D eigenvalue weighted by atomic mass is 10.2. The van der Waals surface area contributed by atoms with Crippen molar-refractivity contribution in [1.29, 1.82) is 0 Å². The van der Waals surface area contributed by atoms with E-state index in [0.717, 1.165) is 18.7 Å². The Kier molecular flexibility index (Phi) is 3.35. The molecule has 0 saturated carbocycles. The standard InChI is InChI=1S/C12H16N2O/c15-12(11-6-2-1-3-7-11)13-10-14-8-4-5-9-14/h1-3,6-7H,4-5,8-10H2,(H,13,15). The van der Waals surface area contributed by atoms with Gasteiger partial charge in [0, 0.05) is 5.56 Å². The van der Waals surface area contributed by atoms with Crippen molar-refractivity contribution in [2.75, 3.05) is 19.8 Å². The lowest BCUT2D eigenvalue weighted by Gasteiger charge is -2.15. The summed E-state index contributed by atoms with van der Waals surface area (Å²) < 4.78 is 0. The van der Waals surface area contributed by atoms with Gasteiger partial charge in [0.15, 0.2) is 0 Å². The van der Waals surface area contributed by atoms with E-state index in [-0.39, 0.29) is 5.91 Å². The van der Waals surface area contributed by atoms with Gasteiger partial charge in [-0.1, -0.05) is 18.2 Å². The van der Waals surface area contributed by atoms with Crippen molar-refractivity contribution in [2.24, 2.45) is 0 Å². The van der Waals surface area contributed by atoms with Crippen LogP contribution in [0.1, 0.15) is 23.2 Å². The van der Waals surface area contributed by atoms with Crippen molar-refractivity contribution in [3.63, 3.8) is 0 Å². The Morgan fingerprint density at radius 3 is 2.53 bits per heavy atom. The number of amides is 1. The molecule has 1 aliphatic heterocycles. The summed E-state index contributed by atoms with van der Waals surface area (Å²) in [4.78, 5) is 13.9. The fourth-order valence-corrected chi connectivity index (χ4v) is 1.82. The molecule has 0 bridgehead atoms. The molecule has 0 spiro atoms. The Labute approximate surface area is 90.1 Å². The maximum absolute atomic E-state index is 11.7. The zero-order chi connectivity index (χ0) is 10.5. The molecule has 1 aromatic rings. The number of hydrogen-bond donors (Lipinski definition) is 1. The van der Waals surface area contributed by atoms with Crippen LogP contribution in [-0.2, 0) is 0 Å². The number of nitrogens with one attached hydrogen (secondary N) is 1. The minimum atomic E-state index is 0.0162. The van der Waals surface area contributed by atoms with Crippen LogP contribution in [0.2, 0.25) is 0 Å². The zero-order valence-corrected chi connectivity index (χ0v) is 8.78. The Hall–Kier alpha value is -1.35. The molecule has 80 valence electrons. The second-order valence-corrected chi connectivity index (χ2v) is 3.86. The highest BCUT2D eigenvalue weighted by atomic mass is 16.1. The molecule has 1 fully saturated rings. The molecule has 3 heteroatoms. The molecule has 0 aliphatic carbocycles. The van der Waals surface area contributed by atoms with Gasteiger partial charge in [-0.15, -0.1) is 0 Å². The largest absolute Gasteiger partial charge is 0.339 e. The fourth-order valence-electron chi connectivity index (χ4n) is 1.82. The second-order valence-electron chi connectivity index (χ2n) is 3.86. The van der Waals surface area contributed by atoms with Gasteiger partial charge >= 0.3 is 0 Å². The Morgan fingerprint density at radius 2 is 1.87 bits per heavy atom. The normalized spacial score (nSPS) is 16.5. The maximum Gasteiger partial charge on any atom is 0.252 e. The Bertz CT molecular complexity index is 318. The first-order valence-electron chi connectivity index (χ1n) is 5.42. The first-order chi connectivity index (χ1) is 7.36. The van der Waals surface area contributed by atoms with Gasteiger partial charge in [0.2, 0.25) is 0 Å². The molecular formula is C12H16N2O. The van der Waals surface area contributed by atoms with Crippen molar-refractivity contribution in [3.05, 3.63) is 35.9 Å². The van der Waals surface area contributed by atoms with Crippen molar-refractivity contribution in [1.82, 2.24) is 10.2 Å². The van der Waals surface area contributed by atoms with Gasteiger partial charge < -0.3 is 5.32 Å². The van der Waals surface area contributed by atoms with Crippen LogP contribution < -0.4 is 5.32 Å². The number of benzene rings is 1. The van der Waals surface area contributed by atoms with Crippen LogP contribution in [0.4, 0.5) is 0 Å². The number of likely N-dealkylation sites (tertiary alicyclic amines) is 1. The van der Waals surface area contributed by atoms with E-state index < -0.39 is 0 Å². The quantitative estimate of drug-likeness (QED) is 0.808. The van der Waals surface area contributed by atoms with E-state index in [1.165, 1.54) is 12.8 Å². The molecule has 0 atom stereocenters. The molecule has 15 heavy (non-hydrogen) atoms. The summed E-state index contributed by atoms with van der Waals surface area (Å²) in [6.45, 7) is 2.89. The molecular weight excluding hydrogens is 188 g/mol. The van der Waals surface area contributed by atoms with E-state index in [4.69, 9.17) is 0 Å². The van der Waals surface area contributed by atoms with Crippen LogP contribution in [0.3, 0.4) is 0 Å². The molecule has 1 heterocycles. The average molecular weight is 204 g/mol. The summed E-state index contributed by atoms with van der Waals surface area (Å²) in [5.74, 6) is 0.0162. The molecule has 1 N–H and O–H groups in total. The highest BCUT2D eigenvalue weighted by Crippen LogP contribution is 2.05. The summed E-state index contributed by atoms with van der Waals surface area (Å²) in [6, 6.07) is 9.34. The highest BCUT2D eigenvalue weighted by Gasteiger charge is 2.12. The summed E-state index contributed by atoms with van der Waals surface area (Å²) in [5, 5.41) is 2.93. The summed E-state index contributed by atoms with van der Waals surface area (Å²) >= 11 is 0. The topological polar surface area (TPSA) is 32.3 Å². The molecule has 1 aromatic carbocycles. The van der Waals surface area contributed by atoms with Crippen LogP contribution in [-0.4, -0.2) is 30.6 Å². The molecule has 2 rings (SSSR count). The fraction of sp³-hybridized carbons (Fsp3) is 0.417. The van der Waals surface area contributed by atoms with Gasteiger partial charge in [-0.2, -0.15) is 0 Å². The van der Waals surface area contributed by atoms with Crippen LogP contribution in [0.15, 0.2) is 30.3 Å². The van der Waals surface area contributed by atoms with E-state index in [2.05, 4.69) is 10.2 Å². The monoisotopic (exact) mass is 204 g/mol. The molecule has 0 radical (unpaired) electrons. The molecule has 0 unspecified atom stereocenters. The van der Waals surface area contributed by atoms with Crippen molar-refractivity contribution >= 4 is 5.91 Å². The van der Waals surface area contributed by atoms with Gasteiger partial charge in [0.25, 0.3) is 5.91 Å². The summed E-state index contributed by atoms with van der Waals surface area (Å²) in [6.07, 6.45) is 2.50. The molecule has 3 nitrogen and oxygen atoms in total. The van der Waals surface area contributed by atoms with Crippen LogP contribution in [0, 0.1) is 0 Å². The smallest absolute Gasteiger partial charge is 0.252 e. The number of rotatable bonds is 3.